The largest absolute Gasteiger partial charge is 0.488 e. The summed E-state index contributed by atoms with van der Waals surface area (Å²) in [4.78, 5) is 23.7. The van der Waals surface area contributed by atoms with Crippen LogP contribution in [-0.2, 0) is 14.3 Å². The van der Waals surface area contributed by atoms with Crippen LogP contribution in [-0.4, -0.2) is 37.2 Å². The SMILES string of the molecule is NC(=O)C1(C(=O)NC2COCCC2Oc2cccc(F)c2)CC1. The van der Waals surface area contributed by atoms with E-state index < -0.39 is 17.4 Å². The van der Waals surface area contributed by atoms with Crippen molar-refractivity contribution in [3.8, 4) is 5.75 Å². The summed E-state index contributed by atoms with van der Waals surface area (Å²) in [7, 11) is 0. The van der Waals surface area contributed by atoms with E-state index in [1.807, 2.05) is 0 Å². The second kappa shape index (κ2) is 6.16. The Bertz CT molecular complexity index is 618. The zero-order valence-corrected chi connectivity index (χ0v) is 12.6. The number of amides is 2. The smallest absolute Gasteiger partial charge is 0.236 e. The average Bonchev–Trinajstić information content (AvgIpc) is 3.31. The van der Waals surface area contributed by atoms with Gasteiger partial charge in [0, 0.05) is 12.5 Å². The van der Waals surface area contributed by atoms with Gasteiger partial charge in [-0.3, -0.25) is 9.59 Å². The molecule has 1 heterocycles. The summed E-state index contributed by atoms with van der Waals surface area (Å²) in [5.41, 5.74) is 4.23. The number of hydrogen-bond donors (Lipinski definition) is 2. The van der Waals surface area contributed by atoms with Gasteiger partial charge in [0.15, 0.2) is 0 Å². The van der Waals surface area contributed by atoms with Crippen LogP contribution in [0.25, 0.3) is 0 Å². The molecule has 6 nitrogen and oxygen atoms in total. The van der Waals surface area contributed by atoms with Crippen molar-refractivity contribution in [1.82, 2.24) is 5.32 Å². The third-order valence-corrected chi connectivity index (χ3v) is 4.35. The van der Waals surface area contributed by atoms with Gasteiger partial charge < -0.3 is 20.5 Å². The number of nitrogens with two attached hydrogens (primary N) is 1. The van der Waals surface area contributed by atoms with Gasteiger partial charge in [0.1, 0.15) is 23.1 Å². The van der Waals surface area contributed by atoms with E-state index in [0.29, 0.717) is 31.6 Å². The number of benzene rings is 1. The molecule has 2 fully saturated rings. The first kappa shape index (κ1) is 15.7. The van der Waals surface area contributed by atoms with E-state index in [2.05, 4.69) is 5.32 Å². The Morgan fingerprint density at radius 1 is 1.39 bits per heavy atom. The van der Waals surface area contributed by atoms with E-state index >= 15 is 0 Å². The maximum absolute atomic E-state index is 13.3. The molecule has 2 amide bonds. The van der Waals surface area contributed by atoms with E-state index in [1.54, 1.807) is 12.1 Å². The summed E-state index contributed by atoms with van der Waals surface area (Å²) in [6, 6.07) is 5.43. The number of nitrogens with one attached hydrogen (secondary N) is 1. The molecule has 1 aromatic carbocycles. The fraction of sp³-hybridized carbons (Fsp3) is 0.500. The van der Waals surface area contributed by atoms with Gasteiger partial charge in [-0.1, -0.05) is 6.07 Å². The molecule has 1 saturated heterocycles. The molecule has 23 heavy (non-hydrogen) atoms. The minimum absolute atomic E-state index is 0.278. The van der Waals surface area contributed by atoms with Crippen molar-refractivity contribution < 1.29 is 23.5 Å². The minimum atomic E-state index is -1.08. The first-order valence-corrected chi connectivity index (χ1v) is 7.62. The minimum Gasteiger partial charge on any atom is -0.488 e. The third-order valence-electron chi connectivity index (χ3n) is 4.35. The molecule has 2 aliphatic rings. The highest BCUT2D eigenvalue weighted by Gasteiger charge is 2.56. The first-order chi connectivity index (χ1) is 11.0. The zero-order chi connectivity index (χ0) is 16.4. The summed E-state index contributed by atoms with van der Waals surface area (Å²) in [6.07, 6.45) is 1.15. The van der Waals surface area contributed by atoms with Gasteiger partial charge in [0.05, 0.1) is 19.3 Å². The van der Waals surface area contributed by atoms with E-state index in [1.165, 1.54) is 12.1 Å². The molecule has 1 saturated carbocycles. The molecule has 0 radical (unpaired) electrons. The predicted molar refractivity (Wildman–Crippen MR) is 79.0 cm³/mol. The molecule has 1 aliphatic heterocycles. The van der Waals surface area contributed by atoms with E-state index in [9.17, 15) is 14.0 Å². The summed E-state index contributed by atoms with van der Waals surface area (Å²) in [6.45, 7) is 0.772. The fourth-order valence-electron chi connectivity index (χ4n) is 2.73. The second-order valence-electron chi connectivity index (χ2n) is 6.00. The van der Waals surface area contributed by atoms with Gasteiger partial charge in [0.2, 0.25) is 11.8 Å². The summed E-state index contributed by atoms with van der Waals surface area (Å²) >= 11 is 0. The number of rotatable bonds is 5. The van der Waals surface area contributed by atoms with Gasteiger partial charge in [-0.25, -0.2) is 4.39 Å². The fourth-order valence-corrected chi connectivity index (χ4v) is 2.73. The number of ether oxygens (including phenoxy) is 2. The highest BCUT2D eigenvalue weighted by molar-refractivity contribution is 6.07. The van der Waals surface area contributed by atoms with E-state index in [-0.39, 0.29) is 24.4 Å². The number of carbonyl (C=O) groups is 2. The Balaban J connectivity index is 1.67. The predicted octanol–water partition coefficient (Wildman–Crippen LogP) is 0.744. The summed E-state index contributed by atoms with van der Waals surface area (Å²) < 4.78 is 24.4. The van der Waals surface area contributed by atoms with Crippen molar-refractivity contribution >= 4 is 11.8 Å². The maximum atomic E-state index is 13.3. The van der Waals surface area contributed by atoms with Crippen LogP contribution < -0.4 is 15.8 Å². The molecule has 2 atom stereocenters. The van der Waals surface area contributed by atoms with Crippen LogP contribution in [0, 0.1) is 11.2 Å². The van der Waals surface area contributed by atoms with E-state index in [0.717, 1.165) is 0 Å². The molecule has 1 aromatic rings. The molecule has 2 unspecified atom stereocenters. The van der Waals surface area contributed by atoms with Crippen molar-refractivity contribution in [1.29, 1.82) is 0 Å². The Kier molecular flexibility index (Phi) is 4.21. The Morgan fingerprint density at radius 3 is 2.83 bits per heavy atom. The molecule has 1 aliphatic carbocycles. The van der Waals surface area contributed by atoms with Gasteiger partial charge in [0.25, 0.3) is 0 Å². The van der Waals surface area contributed by atoms with Crippen molar-refractivity contribution in [2.45, 2.75) is 31.4 Å². The highest BCUT2D eigenvalue weighted by atomic mass is 19.1. The Morgan fingerprint density at radius 2 is 2.17 bits per heavy atom. The van der Waals surface area contributed by atoms with Crippen LogP contribution in [0.15, 0.2) is 24.3 Å². The Labute approximate surface area is 133 Å². The van der Waals surface area contributed by atoms with Crippen molar-refractivity contribution in [2.24, 2.45) is 11.1 Å². The second-order valence-corrected chi connectivity index (χ2v) is 6.00. The lowest BCUT2D eigenvalue weighted by atomic mass is 10.0. The standard InChI is InChI=1S/C16H19FN2O4/c17-10-2-1-3-11(8-10)23-13-4-7-22-9-12(13)19-15(21)16(5-6-16)14(18)20/h1-3,8,12-13H,4-7,9H2,(H2,18,20)(H,19,21). The lowest BCUT2D eigenvalue weighted by molar-refractivity contribution is -0.137. The van der Waals surface area contributed by atoms with Gasteiger partial charge in [-0.15, -0.1) is 0 Å². The van der Waals surface area contributed by atoms with Crippen LogP contribution in [0.1, 0.15) is 19.3 Å². The third kappa shape index (κ3) is 3.29. The van der Waals surface area contributed by atoms with E-state index in [4.69, 9.17) is 15.2 Å². The first-order valence-electron chi connectivity index (χ1n) is 7.62. The topological polar surface area (TPSA) is 90.7 Å². The Hall–Kier alpha value is -2.15. The quantitative estimate of drug-likeness (QED) is 0.783. The highest BCUT2D eigenvalue weighted by Crippen LogP contribution is 2.45. The molecular weight excluding hydrogens is 303 g/mol. The number of primary amides is 1. The monoisotopic (exact) mass is 322 g/mol. The molecule has 3 rings (SSSR count). The lowest BCUT2D eigenvalue weighted by Crippen LogP contribution is -2.55. The molecular formula is C16H19FN2O4. The molecule has 124 valence electrons. The molecule has 0 bridgehead atoms. The maximum Gasteiger partial charge on any atom is 0.236 e. The van der Waals surface area contributed by atoms with Crippen LogP contribution in [0.4, 0.5) is 4.39 Å². The zero-order valence-electron chi connectivity index (χ0n) is 12.6. The van der Waals surface area contributed by atoms with Gasteiger partial charge >= 0.3 is 0 Å². The summed E-state index contributed by atoms with van der Waals surface area (Å²) in [5, 5.41) is 2.80. The van der Waals surface area contributed by atoms with Crippen molar-refractivity contribution in [3.05, 3.63) is 30.1 Å². The van der Waals surface area contributed by atoms with Crippen molar-refractivity contribution in [3.63, 3.8) is 0 Å². The van der Waals surface area contributed by atoms with Gasteiger partial charge in [-0.05, 0) is 25.0 Å². The molecule has 7 heteroatoms. The van der Waals surface area contributed by atoms with Crippen LogP contribution in [0.3, 0.4) is 0 Å². The number of halogens is 1. The normalized spacial score (nSPS) is 25.4. The summed E-state index contributed by atoms with van der Waals surface area (Å²) in [5.74, 6) is -0.976. The molecule has 0 spiro atoms. The average molecular weight is 322 g/mol. The van der Waals surface area contributed by atoms with Gasteiger partial charge in [-0.2, -0.15) is 0 Å². The van der Waals surface area contributed by atoms with Crippen LogP contribution in [0.2, 0.25) is 0 Å². The molecule has 3 N–H and O–H groups in total. The molecule has 0 aromatic heterocycles. The number of carbonyl (C=O) groups excluding carboxylic acids is 2. The van der Waals surface area contributed by atoms with Crippen LogP contribution in [0.5, 0.6) is 5.75 Å². The number of hydrogen-bond acceptors (Lipinski definition) is 4. The van der Waals surface area contributed by atoms with Crippen molar-refractivity contribution in [2.75, 3.05) is 13.2 Å². The lowest BCUT2D eigenvalue weighted by Gasteiger charge is -2.33. The van der Waals surface area contributed by atoms with Crippen LogP contribution >= 0.6 is 0 Å².